The number of carbonyl (C=O) groups excluding carboxylic acids is 1. The SMILES string of the molecule is CC1CCN(Cc2ccc(NC(=O)C3CCS(=O)(=O)C3)cc2)CC1. The van der Waals surface area contributed by atoms with Crippen LogP contribution in [0.15, 0.2) is 24.3 Å². The average Bonchev–Trinajstić information content (AvgIpc) is 2.92. The van der Waals surface area contributed by atoms with Crippen molar-refractivity contribution in [3.63, 3.8) is 0 Å². The lowest BCUT2D eigenvalue weighted by Gasteiger charge is -2.30. The predicted molar refractivity (Wildman–Crippen MR) is 95.5 cm³/mol. The number of hydrogen-bond acceptors (Lipinski definition) is 4. The number of nitrogens with one attached hydrogen (secondary N) is 1. The average molecular weight is 350 g/mol. The van der Waals surface area contributed by atoms with Crippen LogP contribution in [0, 0.1) is 11.8 Å². The van der Waals surface area contributed by atoms with Crippen molar-refractivity contribution < 1.29 is 13.2 Å². The highest BCUT2D eigenvalue weighted by molar-refractivity contribution is 7.91. The van der Waals surface area contributed by atoms with Crippen molar-refractivity contribution in [2.24, 2.45) is 11.8 Å². The largest absolute Gasteiger partial charge is 0.326 e. The molecule has 1 aromatic carbocycles. The van der Waals surface area contributed by atoms with Gasteiger partial charge in [-0.05, 0) is 56.0 Å². The van der Waals surface area contributed by atoms with E-state index in [0.717, 1.165) is 31.2 Å². The number of rotatable bonds is 4. The predicted octanol–water partition coefficient (Wildman–Crippen LogP) is 2.29. The normalized spacial score (nSPS) is 24.8. The lowest BCUT2D eigenvalue weighted by molar-refractivity contribution is -0.119. The van der Waals surface area contributed by atoms with Crippen molar-refractivity contribution in [2.75, 3.05) is 29.9 Å². The Bertz CT molecular complexity index is 677. The summed E-state index contributed by atoms with van der Waals surface area (Å²) < 4.78 is 22.9. The number of amides is 1. The van der Waals surface area contributed by atoms with Crippen LogP contribution < -0.4 is 5.32 Å². The van der Waals surface area contributed by atoms with E-state index in [1.807, 2.05) is 24.3 Å². The molecule has 0 aromatic heterocycles. The fourth-order valence-corrected chi connectivity index (χ4v) is 5.16. The number of benzene rings is 1. The summed E-state index contributed by atoms with van der Waals surface area (Å²) in [5.41, 5.74) is 1.98. The van der Waals surface area contributed by atoms with Crippen LogP contribution in [0.2, 0.25) is 0 Å². The van der Waals surface area contributed by atoms with E-state index in [1.54, 1.807) is 0 Å². The van der Waals surface area contributed by atoms with Crippen molar-refractivity contribution in [3.8, 4) is 0 Å². The van der Waals surface area contributed by atoms with Gasteiger partial charge in [0.25, 0.3) is 0 Å². The molecule has 6 heteroatoms. The summed E-state index contributed by atoms with van der Waals surface area (Å²) in [6.07, 6.45) is 2.95. The van der Waals surface area contributed by atoms with Gasteiger partial charge in [-0.15, -0.1) is 0 Å². The molecule has 1 amide bonds. The summed E-state index contributed by atoms with van der Waals surface area (Å²) in [5, 5.41) is 2.84. The molecule has 0 bridgehead atoms. The van der Waals surface area contributed by atoms with Gasteiger partial charge in [-0.2, -0.15) is 0 Å². The Labute approximate surface area is 144 Å². The quantitative estimate of drug-likeness (QED) is 0.905. The van der Waals surface area contributed by atoms with Crippen LogP contribution in [0.25, 0.3) is 0 Å². The van der Waals surface area contributed by atoms with Crippen molar-refractivity contribution in [1.29, 1.82) is 0 Å². The van der Waals surface area contributed by atoms with Crippen molar-refractivity contribution in [3.05, 3.63) is 29.8 Å². The molecule has 0 radical (unpaired) electrons. The third-order valence-electron chi connectivity index (χ3n) is 5.11. The van der Waals surface area contributed by atoms with E-state index in [-0.39, 0.29) is 17.4 Å². The smallest absolute Gasteiger partial charge is 0.228 e. The van der Waals surface area contributed by atoms with Crippen molar-refractivity contribution >= 4 is 21.4 Å². The molecule has 0 spiro atoms. The summed E-state index contributed by atoms with van der Waals surface area (Å²) in [6, 6.07) is 7.89. The van der Waals surface area contributed by atoms with E-state index in [9.17, 15) is 13.2 Å². The number of hydrogen-bond donors (Lipinski definition) is 1. The second-order valence-corrected chi connectivity index (χ2v) is 9.47. The van der Waals surface area contributed by atoms with E-state index in [4.69, 9.17) is 0 Å². The van der Waals surface area contributed by atoms with Gasteiger partial charge in [0.15, 0.2) is 9.84 Å². The first-order valence-electron chi connectivity index (χ1n) is 8.74. The molecular weight excluding hydrogens is 324 g/mol. The van der Waals surface area contributed by atoms with E-state index >= 15 is 0 Å². The Morgan fingerprint density at radius 2 is 1.83 bits per heavy atom. The summed E-state index contributed by atoms with van der Waals surface area (Å²) in [7, 11) is -3.03. The zero-order valence-corrected chi connectivity index (χ0v) is 15.0. The van der Waals surface area contributed by atoms with Gasteiger partial charge < -0.3 is 5.32 Å². The molecular formula is C18H26N2O3S. The van der Waals surface area contributed by atoms with Gasteiger partial charge in [0.2, 0.25) is 5.91 Å². The van der Waals surface area contributed by atoms with Crippen LogP contribution in [0.5, 0.6) is 0 Å². The number of anilines is 1. The molecule has 1 aromatic rings. The molecule has 5 nitrogen and oxygen atoms in total. The highest BCUT2D eigenvalue weighted by atomic mass is 32.2. The lowest BCUT2D eigenvalue weighted by atomic mass is 9.99. The van der Waals surface area contributed by atoms with Crippen LogP contribution in [0.1, 0.15) is 31.7 Å². The lowest BCUT2D eigenvalue weighted by Crippen LogP contribution is -2.32. The number of carbonyl (C=O) groups is 1. The van der Waals surface area contributed by atoms with Crippen molar-refractivity contribution in [1.82, 2.24) is 4.90 Å². The highest BCUT2D eigenvalue weighted by Crippen LogP contribution is 2.22. The van der Waals surface area contributed by atoms with Gasteiger partial charge in [0.05, 0.1) is 17.4 Å². The molecule has 0 aliphatic carbocycles. The summed E-state index contributed by atoms with van der Waals surface area (Å²) in [4.78, 5) is 14.6. The van der Waals surface area contributed by atoms with E-state index in [0.29, 0.717) is 6.42 Å². The Hall–Kier alpha value is -1.40. The molecule has 1 N–H and O–H groups in total. The Balaban J connectivity index is 1.52. The maximum atomic E-state index is 12.2. The monoisotopic (exact) mass is 350 g/mol. The van der Waals surface area contributed by atoms with Crippen LogP contribution in [0.4, 0.5) is 5.69 Å². The molecule has 1 unspecified atom stereocenters. The molecule has 132 valence electrons. The maximum Gasteiger partial charge on any atom is 0.228 e. The second-order valence-electron chi connectivity index (χ2n) is 7.24. The first kappa shape index (κ1) is 17.4. The zero-order valence-electron chi connectivity index (χ0n) is 14.2. The standard InChI is InChI=1S/C18H26N2O3S/c1-14-6-9-20(10-7-14)12-15-2-4-17(5-3-15)19-18(21)16-8-11-24(22,23)13-16/h2-5,14,16H,6-13H2,1H3,(H,19,21). The number of piperidine rings is 1. The van der Waals surface area contributed by atoms with Gasteiger partial charge >= 0.3 is 0 Å². The number of likely N-dealkylation sites (tertiary alicyclic amines) is 1. The number of nitrogens with zero attached hydrogens (tertiary/aromatic N) is 1. The second kappa shape index (κ2) is 7.23. The molecule has 2 fully saturated rings. The van der Waals surface area contributed by atoms with Crippen LogP contribution in [-0.4, -0.2) is 43.8 Å². The number of sulfone groups is 1. The molecule has 24 heavy (non-hydrogen) atoms. The molecule has 3 rings (SSSR count). The van der Waals surface area contributed by atoms with Gasteiger partial charge in [-0.3, -0.25) is 9.69 Å². The van der Waals surface area contributed by atoms with Crippen LogP contribution in [-0.2, 0) is 21.2 Å². The van der Waals surface area contributed by atoms with Crippen molar-refractivity contribution in [2.45, 2.75) is 32.7 Å². The van der Waals surface area contributed by atoms with E-state index in [1.165, 1.54) is 18.4 Å². The Kier molecular flexibility index (Phi) is 5.25. The summed E-state index contributed by atoms with van der Waals surface area (Å²) in [5.74, 6) is 0.333. The topological polar surface area (TPSA) is 66.5 Å². The summed E-state index contributed by atoms with van der Waals surface area (Å²) in [6.45, 7) is 5.55. The zero-order chi connectivity index (χ0) is 17.2. The third kappa shape index (κ3) is 4.57. The van der Waals surface area contributed by atoms with Crippen LogP contribution >= 0.6 is 0 Å². The maximum absolute atomic E-state index is 12.2. The minimum Gasteiger partial charge on any atom is -0.326 e. The Morgan fingerprint density at radius 3 is 2.42 bits per heavy atom. The first-order chi connectivity index (χ1) is 11.4. The van der Waals surface area contributed by atoms with Gasteiger partial charge in [0.1, 0.15) is 0 Å². The molecule has 0 saturated carbocycles. The first-order valence-corrected chi connectivity index (χ1v) is 10.6. The molecule has 2 saturated heterocycles. The van der Waals surface area contributed by atoms with Gasteiger partial charge in [0, 0.05) is 12.2 Å². The van der Waals surface area contributed by atoms with E-state index < -0.39 is 15.8 Å². The van der Waals surface area contributed by atoms with Crippen LogP contribution in [0.3, 0.4) is 0 Å². The fourth-order valence-electron chi connectivity index (χ4n) is 3.42. The van der Waals surface area contributed by atoms with Gasteiger partial charge in [-0.1, -0.05) is 19.1 Å². The van der Waals surface area contributed by atoms with E-state index in [2.05, 4.69) is 17.1 Å². The molecule has 2 aliphatic heterocycles. The third-order valence-corrected chi connectivity index (χ3v) is 6.88. The molecule has 1 atom stereocenters. The highest BCUT2D eigenvalue weighted by Gasteiger charge is 2.32. The Morgan fingerprint density at radius 1 is 1.17 bits per heavy atom. The minimum atomic E-state index is -3.03. The molecule has 2 heterocycles. The summed E-state index contributed by atoms with van der Waals surface area (Å²) >= 11 is 0. The fraction of sp³-hybridized carbons (Fsp3) is 0.611. The molecule has 2 aliphatic rings. The van der Waals surface area contributed by atoms with Gasteiger partial charge in [-0.25, -0.2) is 8.42 Å². The minimum absolute atomic E-state index is 0.0235.